The first-order chi connectivity index (χ1) is 15.1. The molecular weight excluding hydrogens is 386 g/mol. The molecule has 1 N–H and O–H groups in total. The Kier molecular flexibility index (Phi) is 5.22. The van der Waals surface area contributed by atoms with Gasteiger partial charge in [-0.1, -0.05) is 12.1 Å². The van der Waals surface area contributed by atoms with Crippen LogP contribution in [0.5, 0.6) is 0 Å². The Labute approximate surface area is 183 Å². The molecule has 0 bridgehead atoms. The molecule has 0 radical (unpaired) electrons. The molecule has 3 aromatic rings. The van der Waals surface area contributed by atoms with Crippen molar-refractivity contribution in [3.05, 3.63) is 59.7 Å². The van der Waals surface area contributed by atoms with Crippen molar-refractivity contribution in [1.82, 2.24) is 14.5 Å². The summed E-state index contributed by atoms with van der Waals surface area (Å²) in [6.45, 7) is 6.99. The molecule has 160 valence electrons. The zero-order chi connectivity index (χ0) is 21.4. The number of anilines is 2. The van der Waals surface area contributed by atoms with Gasteiger partial charge in [-0.15, -0.1) is 0 Å². The van der Waals surface area contributed by atoms with Gasteiger partial charge in [0.2, 0.25) is 5.95 Å². The monoisotopic (exact) mass is 415 g/mol. The Balaban J connectivity index is 1.41. The number of benzene rings is 1. The van der Waals surface area contributed by atoms with Crippen molar-refractivity contribution in [2.45, 2.75) is 46.1 Å². The third-order valence-corrected chi connectivity index (χ3v) is 6.28. The Morgan fingerprint density at radius 2 is 1.81 bits per heavy atom. The normalized spacial score (nSPS) is 16.0. The summed E-state index contributed by atoms with van der Waals surface area (Å²) in [5.74, 6) is 1.39. The summed E-state index contributed by atoms with van der Waals surface area (Å²) < 4.78 is 2.10. The first-order valence-corrected chi connectivity index (χ1v) is 11.2. The summed E-state index contributed by atoms with van der Waals surface area (Å²) >= 11 is 0. The number of carbonyl (C=O) groups excluding carboxylic acids is 1. The van der Waals surface area contributed by atoms with Crippen molar-refractivity contribution in [3.63, 3.8) is 0 Å². The lowest BCUT2D eigenvalue weighted by Gasteiger charge is -2.14. The van der Waals surface area contributed by atoms with E-state index in [4.69, 9.17) is 0 Å². The summed E-state index contributed by atoms with van der Waals surface area (Å²) in [4.78, 5) is 24.6. The SMILES string of the molecule is Cc1ccc(C)c(NC(=O)c2cc(-c3cnc(N4CCCC4)nc3)cn2CC2CC2)c1. The van der Waals surface area contributed by atoms with Crippen LogP contribution in [0.3, 0.4) is 0 Å². The zero-order valence-electron chi connectivity index (χ0n) is 18.3. The first kappa shape index (κ1) is 19.8. The second kappa shape index (κ2) is 8.17. The number of nitrogens with one attached hydrogen (secondary N) is 1. The molecular formula is C25H29N5O. The molecule has 1 aliphatic heterocycles. The van der Waals surface area contributed by atoms with E-state index in [1.54, 1.807) is 0 Å². The van der Waals surface area contributed by atoms with Crippen molar-refractivity contribution < 1.29 is 4.79 Å². The molecule has 5 rings (SSSR count). The van der Waals surface area contributed by atoms with E-state index in [1.165, 1.54) is 25.7 Å². The second-order valence-corrected chi connectivity index (χ2v) is 8.95. The molecule has 6 nitrogen and oxygen atoms in total. The molecule has 2 aromatic heterocycles. The van der Waals surface area contributed by atoms with Crippen LogP contribution in [0.25, 0.3) is 11.1 Å². The number of aromatic nitrogens is 3. The zero-order valence-corrected chi connectivity index (χ0v) is 18.3. The molecule has 1 amide bonds. The van der Waals surface area contributed by atoms with Crippen LogP contribution < -0.4 is 10.2 Å². The lowest BCUT2D eigenvalue weighted by molar-refractivity contribution is 0.101. The fourth-order valence-corrected chi connectivity index (χ4v) is 4.20. The van der Waals surface area contributed by atoms with E-state index >= 15 is 0 Å². The molecule has 1 aliphatic carbocycles. The van der Waals surface area contributed by atoms with E-state index in [1.807, 2.05) is 44.4 Å². The molecule has 0 unspecified atom stereocenters. The van der Waals surface area contributed by atoms with Gasteiger partial charge in [0, 0.05) is 55.0 Å². The van der Waals surface area contributed by atoms with Gasteiger partial charge < -0.3 is 14.8 Å². The molecule has 1 saturated carbocycles. The Bertz CT molecular complexity index is 1090. The van der Waals surface area contributed by atoms with Crippen molar-refractivity contribution >= 4 is 17.5 Å². The van der Waals surface area contributed by atoms with Crippen LogP contribution in [0.15, 0.2) is 42.9 Å². The topological polar surface area (TPSA) is 63.1 Å². The second-order valence-electron chi connectivity index (χ2n) is 8.95. The lowest BCUT2D eigenvalue weighted by Crippen LogP contribution is -2.20. The largest absolute Gasteiger partial charge is 0.343 e. The minimum absolute atomic E-state index is 0.0739. The van der Waals surface area contributed by atoms with Gasteiger partial charge in [-0.25, -0.2) is 9.97 Å². The van der Waals surface area contributed by atoms with Gasteiger partial charge in [-0.3, -0.25) is 4.79 Å². The Hall–Kier alpha value is -3.15. The third kappa shape index (κ3) is 4.33. The Morgan fingerprint density at radius 1 is 1.06 bits per heavy atom. The van der Waals surface area contributed by atoms with Crippen molar-refractivity contribution in [2.24, 2.45) is 5.92 Å². The lowest BCUT2D eigenvalue weighted by atomic mass is 10.1. The van der Waals surface area contributed by atoms with Crippen molar-refractivity contribution in [3.8, 4) is 11.1 Å². The van der Waals surface area contributed by atoms with Gasteiger partial charge in [-0.2, -0.15) is 0 Å². The first-order valence-electron chi connectivity index (χ1n) is 11.2. The van der Waals surface area contributed by atoms with Gasteiger partial charge in [0.25, 0.3) is 5.91 Å². The number of nitrogens with zero attached hydrogens (tertiary/aromatic N) is 4. The highest BCUT2D eigenvalue weighted by molar-refractivity contribution is 6.04. The Morgan fingerprint density at radius 3 is 2.52 bits per heavy atom. The fourth-order valence-electron chi connectivity index (χ4n) is 4.20. The highest BCUT2D eigenvalue weighted by Crippen LogP contribution is 2.33. The van der Waals surface area contributed by atoms with Crippen LogP contribution in [-0.4, -0.2) is 33.5 Å². The molecule has 0 atom stereocenters. The van der Waals surface area contributed by atoms with Crippen LogP contribution >= 0.6 is 0 Å². The maximum absolute atomic E-state index is 13.2. The van der Waals surface area contributed by atoms with Gasteiger partial charge in [-0.05, 0) is 68.7 Å². The number of rotatable bonds is 6. The fraction of sp³-hybridized carbons (Fsp3) is 0.400. The molecule has 1 aromatic carbocycles. The summed E-state index contributed by atoms with van der Waals surface area (Å²) in [5.41, 5.74) is 5.67. The van der Waals surface area contributed by atoms with E-state index in [0.29, 0.717) is 11.6 Å². The predicted octanol–water partition coefficient (Wildman–Crippen LogP) is 4.82. The third-order valence-electron chi connectivity index (χ3n) is 6.28. The van der Waals surface area contributed by atoms with Crippen LogP contribution in [-0.2, 0) is 6.54 Å². The molecule has 2 aliphatic rings. The van der Waals surface area contributed by atoms with E-state index in [9.17, 15) is 4.79 Å². The molecule has 2 fully saturated rings. The van der Waals surface area contributed by atoms with E-state index in [0.717, 1.165) is 53.5 Å². The quantitative estimate of drug-likeness (QED) is 0.627. The average Bonchev–Trinajstić information content (AvgIpc) is 3.25. The van der Waals surface area contributed by atoms with Crippen molar-refractivity contribution in [1.29, 1.82) is 0 Å². The minimum atomic E-state index is -0.0739. The number of carbonyl (C=O) groups is 1. The van der Waals surface area contributed by atoms with Gasteiger partial charge in [0.05, 0.1) is 0 Å². The van der Waals surface area contributed by atoms with Crippen molar-refractivity contribution in [2.75, 3.05) is 23.3 Å². The summed E-state index contributed by atoms with van der Waals surface area (Å²) in [5, 5.41) is 3.11. The van der Waals surface area contributed by atoms with Crippen LogP contribution in [0.4, 0.5) is 11.6 Å². The number of hydrogen-bond acceptors (Lipinski definition) is 4. The molecule has 1 saturated heterocycles. The van der Waals surface area contributed by atoms with Gasteiger partial charge in [0.15, 0.2) is 0 Å². The number of hydrogen-bond donors (Lipinski definition) is 1. The van der Waals surface area contributed by atoms with Gasteiger partial charge in [0.1, 0.15) is 5.69 Å². The summed E-state index contributed by atoms with van der Waals surface area (Å²) in [7, 11) is 0. The molecule has 0 spiro atoms. The predicted molar refractivity (Wildman–Crippen MR) is 123 cm³/mol. The maximum Gasteiger partial charge on any atom is 0.272 e. The van der Waals surface area contributed by atoms with E-state index < -0.39 is 0 Å². The maximum atomic E-state index is 13.2. The minimum Gasteiger partial charge on any atom is -0.343 e. The average molecular weight is 416 g/mol. The van der Waals surface area contributed by atoms with E-state index in [-0.39, 0.29) is 5.91 Å². The molecule has 31 heavy (non-hydrogen) atoms. The molecule has 3 heterocycles. The van der Waals surface area contributed by atoms with Crippen LogP contribution in [0, 0.1) is 19.8 Å². The van der Waals surface area contributed by atoms with E-state index in [2.05, 4.69) is 37.0 Å². The summed E-state index contributed by atoms with van der Waals surface area (Å²) in [6, 6.07) is 8.09. The standard InChI is InChI=1S/C25H29N5O/c1-17-5-6-18(2)22(11-17)28-24(31)23-12-20(16-30(23)15-19-7-8-19)21-13-26-25(27-14-21)29-9-3-4-10-29/h5-6,11-14,16,19H,3-4,7-10,15H2,1-2H3,(H,28,31). The molecule has 6 heteroatoms. The van der Waals surface area contributed by atoms with Gasteiger partial charge >= 0.3 is 0 Å². The smallest absolute Gasteiger partial charge is 0.272 e. The highest BCUT2D eigenvalue weighted by Gasteiger charge is 2.25. The van der Waals surface area contributed by atoms with Crippen LogP contribution in [0.1, 0.15) is 47.3 Å². The summed E-state index contributed by atoms with van der Waals surface area (Å²) in [6.07, 6.45) is 10.7. The van der Waals surface area contributed by atoms with Crippen LogP contribution in [0.2, 0.25) is 0 Å². The highest BCUT2D eigenvalue weighted by atomic mass is 16.1. The number of aryl methyl sites for hydroxylation is 2. The number of amides is 1.